The van der Waals surface area contributed by atoms with E-state index in [1.54, 1.807) is 11.3 Å². The van der Waals surface area contributed by atoms with Gasteiger partial charge in [0.25, 0.3) is 0 Å². The molecule has 0 aliphatic rings. The molecule has 124 valence electrons. The summed E-state index contributed by atoms with van der Waals surface area (Å²) in [5, 5.41) is 11.9. The summed E-state index contributed by atoms with van der Waals surface area (Å²) in [5.41, 5.74) is 1.69. The number of sulfonamides is 1. The van der Waals surface area contributed by atoms with Crippen LogP contribution < -0.4 is 10.5 Å². The number of carbonyl (C=O) groups is 1. The van der Waals surface area contributed by atoms with Crippen molar-refractivity contribution in [1.82, 2.24) is 4.90 Å². The molecule has 8 heteroatoms. The molecule has 3 N–H and O–H groups in total. The average Bonchev–Trinajstić information content (AvgIpc) is 2.98. The van der Waals surface area contributed by atoms with Crippen LogP contribution in [0, 0.1) is 0 Å². The molecule has 6 nitrogen and oxygen atoms in total. The number of nitrogens with one attached hydrogen (secondary N) is 1. The first-order valence-corrected chi connectivity index (χ1v) is 9.41. The van der Waals surface area contributed by atoms with Gasteiger partial charge in [-0.2, -0.15) is 11.3 Å². The molecule has 23 heavy (non-hydrogen) atoms. The Balaban J connectivity index is 1.97. The highest BCUT2D eigenvalue weighted by Crippen LogP contribution is 2.15. The Hall–Kier alpha value is -1.74. The number of thiophene rings is 1. The van der Waals surface area contributed by atoms with Gasteiger partial charge >= 0.3 is 0 Å². The molecule has 0 spiro atoms. The number of likely N-dealkylation sites (N-methyl/N-ethyl adjacent to an activating group) is 1. The summed E-state index contributed by atoms with van der Waals surface area (Å²) >= 11 is 1.62. The monoisotopic (exact) mass is 353 g/mol. The minimum atomic E-state index is -3.73. The number of amides is 1. The second-order valence-electron chi connectivity index (χ2n) is 5.28. The van der Waals surface area contributed by atoms with Gasteiger partial charge in [-0.3, -0.25) is 9.69 Å². The van der Waals surface area contributed by atoms with E-state index in [0.717, 1.165) is 5.56 Å². The van der Waals surface area contributed by atoms with Crippen LogP contribution in [0.5, 0.6) is 0 Å². The zero-order valence-corrected chi connectivity index (χ0v) is 14.5. The van der Waals surface area contributed by atoms with Crippen LogP contribution in [0.3, 0.4) is 0 Å². The van der Waals surface area contributed by atoms with Crippen molar-refractivity contribution in [3.05, 3.63) is 46.7 Å². The maximum Gasteiger partial charge on any atom is 0.241 e. The van der Waals surface area contributed by atoms with Gasteiger partial charge in [0.2, 0.25) is 15.9 Å². The third-order valence-electron chi connectivity index (χ3n) is 3.50. The lowest BCUT2D eigenvalue weighted by Gasteiger charge is -2.23. The van der Waals surface area contributed by atoms with E-state index in [-0.39, 0.29) is 16.8 Å². The third-order valence-corrected chi connectivity index (χ3v) is 5.16. The first kappa shape index (κ1) is 17.6. The summed E-state index contributed by atoms with van der Waals surface area (Å²) in [6, 6.07) is 7.47. The van der Waals surface area contributed by atoms with E-state index in [2.05, 4.69) is 5.32 Å². The third kappa shape index (κ3) is 4.87. The molecular weight excluding hydrogens is 334 g/mol. The van der Waals surface area contributed by atoms with E-state index in [0.29, 0.717) is 12.2 Å². The van der Waals surface area contributed by atoms with Gasteiger partial charge in [-0.1, -0.05) is 0 Å². The summed E-state index contributed by atoms with van der Waals surface area (Å²) in [6.45, 7) is 2.50. The van der Waals surface area contributed by atoms with Crippen molar-refractivity contribution in [2.75, 3.05) is 12.4 Å². The summed E-state index contributed by atoms with van der Waals surface area (Å²) in [5.74, 6) is -0.161. The highest BCUT2D eigenvalue weighted by molar-refractivity contribution is 7.89. The number of anilines is 1. The molecule has 1 aromatic carbocycles. The number of hydrogen-bond acceptors (Lipinski definition) is 5. The molecule has 1 heterocycles. The van der Waals surface area contributed by atoms with Crippen molar-refractivity contribution in [3.63, 3.8) is 0 Å². The van der Waals surface area contributed by atoms with Crippen LogP contribution in [0.1, 0.15) is 12.5 Å². The standard InChI is InChI=1S/C15H19N3O3S2/c1-11(18(2)9-12-7-8-22-10-12)15(19)17-13-3-5-14(6-4-13)23(16,20)21/h3-8,10-11H,9H2,1-2H3,(H,17,19)(H2,16,20,21)/t11-/m1/s1. The zero-order valence-electron chi connectivity index (χ0n) is 12.9. The predicted octanol–water partition coefficient (Wildman–Crippen LogP) is 1.85. The highest BCUT2D eigenvalue weighted by atomic mass is 32.2. The van der Waals surface area contributed by atoms with Crippen molar-refractivity contribution in [3.8, 4) is 0 Å². The largest absolute Gasteiger partial charge is 0.325 e. The fourth-order valence-electron chi connectivity index (χ4n) is 1.98. The quantitative estimate of drug-likeness (QED) is 0.829. The maximum absolute atomic E-state index is 12.3. The van der Waals surface area contributed by atoms with Gasteiger partial charge in [-0.25, -0.2) is 13.6 Å². The lowest BCUT2D eigenvalue weighted by atomic mass is 10.2. The van der Waals surface area contributed by atoms with Gasteiger partial charge in [0, 0.05) is 12.2 Å². The van der Waals surface area contributed by atoms with Gasteiger partial charge in [-0.15, -0.1) is 0 Å². The first-order valence-electron chi connectivity index (χ1n) is 6.92. The summed E-state index contributed by atoms with van der Waals surface area (Å²) in [4.78, 5) is 14.2. The lowest BCUT2D eigenvalue weighted by Crippen LogP contribution is -2.39. The fourth-order valence-corrected chi connectivity index (χ4v) is 3.16. The Morgan fingerprint density at radius 1 is 1.30 bits per heavy atom. The lowest BCUT2D eigenvalue weighted by molar-refractivity contribution is -0.120. The van der Waals surface area contributed by atoms with Crippen molar-refractivity contribution in [2.45, 2.75) is 24.4 Å². The average molecular weight is 353 g/mol. The second-order valence-corrected chi connectivity index (χ2v) is 7.62. The van der Waals surface area contributed by atoms with E-state index >= 15 is 0 Å². The molecule has 0 saturated carbocycles. The van der Waals surface area contributed by atoms with Gasteiger partial charge in [0.1, 0.15) is 0 Å². The Bertz CT molecular complexity index is 756. The summed E-state index contributed by atoms with van der Waals surface area (Å²) in [7, 11) is -1.85. The Labute approximate surface area is 140 Å². The smallest absolute Gasteiger partial charge is 0.241 e. The number of rotatable bonds is 6. The first-order chi connectivity index (χ1) is 10.8. The SMILES string of the molecule is C[C@H](C(=O)Nc1ccc(S(N)(=O)=O)cc1)N(C)Cc1ccsc1. The number of nitrogens with zero attached hydrogens (tertiary/aromatic N) is 1. The number of carbonyl (C=O) groups excluding carboxylic acids is 1. The molecule has 0 unspecified atom stereocenters. The molecule has 0 radical (unpaired) electrons. The van der Waals surface area contributed by atoms with Crippen LogP contribution in [0.15, 0.2) is 46.0 Å². The summed E-state index contributed by atoms with van der Waals surface area (Å²) < 4.78 is 22.4. The maximum atomic E-state index is 12.3. The van der Waals surface area contributed by atoms with E-state index in [1.807, 2.05) is 35.7 Å². The van der Waals surface area contributed by atoms with E-state index in [1.165, 1.54) is 24.3 Å². The van der Waals surface area contributed by atoms with E-state index < -0.39 is 10.0 Å². The topological polar surface area (TPSA) is 92.5 Å². The normalized spacial score (nSPS) is 13.0. The van der Waals surface area contributed by atoms with Gasteiger partial charge in [0.05, 0.1) is 10.9 Å². The molecular formula is C15H19N3O3S2. The van der Waals surface area contributed by atoms with Crippen molar-refractivity contribution in [2.24, 2.45) is 5.14 Å². The fraction of sp³-hybridized carbons (Fsp3) is 0.267. The van der Waals surface area contributed by atoms with Crippen LogP contribution in [0.4, 0.5) is 5.69 Å². The Morgan fingerprint density at radius 2 is 1.96 bits per heavy atom. The van der Waals surface area contributed by atoms with Gasteiger partial charge < -0.3 is 5.32 Å². The van der Waals surface area contributed by atoms with Crippen LogP contribution in [-0.4, -0.2) is 32.3 Å². The Morgan fingerprint density at radius 3 is 2.48 bits per heavy atom. The zero-order chi connectivity index (χ0) is 17.0. The molecule has 0 saturated heterocycles. The second kappa shape index (κ2) is 7.22. The minimum Gasteiger partial charge on any atom is -0.325 e. The van der Waals surface area contributed by atoms with Crippen LogP contribution in [0.25, 0.3) is 0 Å². The van der Waals surface area contributed by atoms with Crippen LogP contribution in [-0.2, 0) is 21.4 Å². The molecule has 0 bridgehead atoms. The molecule has 2 rings (SSSR count). The van der Waals surface area contributed by atoms with Gasteiger partial charge in [0.15, 0.2) is 0 Å². The molecule has 1 amide bonds. The number of primary sulfonamides is 1. The molecule has 2 aromatic rings. The van der Waals surface area contributed by atoms with Crippen molar-refractivity contribution < 1.29 is 13.2 Å². The minimum absolute atomic E-state index is 0.0122. The Kier molecular flexibility index (Phi) is 5.53. The summed E-state index contributed by atoms with van der Waals surface area (Å²) in [6.07, 6.45) is 0. The van der Waals surface area contributed by atoms with Gasteiger partial charge in [-0.05, 0) is 60.6 Å². The molecule has 1 atom stereocenters. The van der Waals surface area contributed by atoms with Crippen LogP contribution in [0.2, 0.25) is 0 Å². The molecule has 0 fully saturated rings. The predicted molar refractivity (Wildman–Crippen MR) is 91.7 cm³/mol. The van der Waals surface area contributed by atoms with E-state index in [4.69, 9.17) is 5.14 Å². The molecule has 0 aliphatic heterocycles. The number of nitrogens with two attached hydrogens (primary N) is 1. The number of hydrogen-bond donors (Lipinski definition) is 2. The molecule has 0 aliphatic carbocycles. The highest BCUT2D eigenvalue weighted by Gasteiger charge is 2.18. The van der Waals surface area contributed by atoms with Crippen molar-refractivity contribution in [1.29, 1.82) is 0 Å². The van der Waals surface area contributed by atoms with Crippen molar-refractivity contribution >= 4 is 33.0 Å². The number of benzene rings is 1. The van der Waals surface area contributed by atoms with E-state index in [9.17, 15) is 13.2 Å². The molecule has 1 aromatic heterocycles. The van der Waals surface area contributed by atoms with Crippen LogP contribution >= 0.6 is 11.3 Å².